The van der Waals surface area contributed by atoms with Crippen LogP contribution in [0.25, 0.3) is 0 Å². The molecule has 0 aliphatic carbocycles. The Balaban J connectivity index is 1.99. The molecule has 0 bridgehead atoms. The van der Waals surface area contributed by atoms with Crippen LogP contribution in [0, 0.1) is 0 Å². The van der Waals surface area contributed by atoms with E-state index in [2.05, 4.69) is 11.9 Å². The SMILES string of the molecule is CCCCCCCCCCCC(=O)c1ccc(CO)[nH]1. The zero-order valence-electron chi connectivity index (χ0n) is 12.8. The number of unbranched alkanes of at least 4 members (excludes halogenated alkanes) is 8. The summed E-state index contributed by atoms with van der Waals surface area (Å²) in [5.41, 5.74) is 1.34. The van der Waals surface area contributed by atoms with Crippen molar-refractivity contribution in [3.8, 4) is 0 Å². The third kappa shape index (κ3) is 6.90. The lowest BCUT2D eigenvalue weighted by molar-refractivity contribution is 0.0974. The summed E-state index contributed by atoms with van der Waals surface area (Å²) in [5.74, 6) is 0.160. The van der Waals surface area contributed by atoms with Crippen molar-refractivity contribution in [1.29, 1.82) is 0 Å². The van der Waals surface area contributed by atoms with Crippen LogP contribution in [0.2, 0.25) is 0 Å². The second kappa shape index (κ2) is 10.7. The molecule has 1 aromatic heterocycles. The van der Waals surface area contributed by atoms with E-state index >= 15 is 0 Å². The summed E-state index contributed by atoms with van der Waals surface area (Å²) in [7, 11) is 0. The number of hydrogen-bond acceptors (Lipinski definition) is 2. The third-order valence-corrected chi connectivity index (χ3v) is 3.72. The highest BCUT2D eigenvalue weighted by atomic mass is 16.3. The third-order valence-electron chi connectivity index (χ3n) is 3.72. The van der Waals surface area contributed by atoms with E-state index < -0.39 is 0 Å². The Morgan fingerprint density at radius 2 is 1.60 bits per heavy atom. The molecular formula is C17H29NO2. The molecule has 0 radical (unpaired) electrons. The van der Waals surface area contributed by atoms with Crippen LogP contribution in [-0.2, 0) is 6.61 Å². The Bertz CT molecular complexity index is 371. The van der Waals surface area contributed by atoms with E-state index in [1.807, 2.05) is 0 Å². The van der Waals surface area contributed by atoms with Crippen LogP contribution in [0.4, 0.5) is 0 Å². The maximum absolute atomic E-state index is 11.9. The molecule has 2 N–H and O–H groups in total. The van der Waals surface area contributed by atoms with Crippen molar-refractivity contribution >= 4 is 5.78 Å². The fraction of sp³-hybridized carbons (Fsp3) is 0.706. The summed E-state index contributed by atoms with van der Waals surface area (Å²) in [4.78, 5) is 14.8. The maximum Gasteiger partial charge on any atom is 0.179 e. The first-order valence-corrected chi connectivity index (χ1v) is 8.10. The van der Waals surface area contributed by atoms with Gasteiger partial charge in [-0.15, -0.1) is 0 Å². The molecule has 0 unspecified atom stereocenters. The number of aliphatic hydroxyl groups is 1. The first-order chi connectivity index (χ1) is 9.77. The normalized spacial score (nSPS) is 10.9. The van der Waals surface area contributed by atoms with Crippen molar-refractivity contribution in [3.63, 3.8) is 0 Å². The Labute approximate surface area is 122 Å². The minimum absolute atomic E-state index is 0.0364. The topological polar surface area (TPSA) is 53.1 Å². The van der Waals surface area contributed by atoms with Gasteiger partial charge in [0.15, 0.2) is 5.78 Å². The molecule has 0 saturated heterocycles. The van der Waals surface area contributed by atoms with E-state index in [-0.39, 0.29) is 12.4 Å². The van der Waals surface area contributed by atoms with Gasteiger partial charge in [0.25, 0.3) is 0 Å². The molecule has 0 atom stereocenters. The second-order valence-electron chi connectivity index (χ2n) is 5.56. The summed E-state index contributed by atoms with van der Waals surface area (Å²) >= 11 is 0. The predicted octanol–water partition coefficient (Wildman–Crippen LogP) is 4.61. The van der Waals surface area contributed by atoms with Gasteiger partial charge in [-0.05, 0) is 18.6 Å². The molecule has 3 heteroatoms. The maximum atomic E-state index is 11.9. The number of H-pyrrole nitrogens is 1. The molecule has 3 nitrogen and oxygen atoms in total. The molecule has 20 heavy (non-hydrogen) atoms. The van der Waals surface area contributed by atoms with Crippen LogP contribution in [0.5, 0.6) is 0 Å². The van der Waals surface area contributed by atoms with Crippen LogP contribution < -0.4 is 0 Å². The molecule has 1 heterocycles. The zero-order chi connectivity index (χ0) is 14.6. The van der Waals surface area contributed by atoms with E-state index in [1.165, 1.54) is 44.9 Å². The number of hydrogen-bond donors (Lipinski definition) is 2. The minimum Gasteiger partial charge on any atom is -0.390 e. The number of carbonyl (C=O) groups is 1. The smallest absolute Gasteiger partial charge is 0.179 e. The number of nitrogens with one attached hydrogen (secondary N) is 1. The first kappa shape index (κ1) is 17.0. The van der Waals surface area contributed by atoms with Gasteiger partial charge in [0, 0.05) is 12.1 Å². The van der Waals surface area contributed by atoms with Gasteiger partial charge < -0.3 is 10.1 Å². The monoisotopic (exact) mass is 279 g/mol. The van der Waals surface area contributed by atoms with E-state index in [1.54, 1.807) is 12.1 Å². The van der Waals surface area contributed by atoms with Gasteiger partial charge in [0.05, 0.1) is 12.3 Å². The summed E-state index contributed by atoms with van der Waals surface area (Å²) in [6.45, 7) is 2.20. The first-order valence-electron chi connectivity index (χ1n) is 8.10. The Kier molecular flexibility index (Phi) is 9.05. The lowest BCUT2D eigenvalue weighted by Crippen LogP contribution is -1.99. The van der Waals surface area contributed by atoms with Gasteiger partial charge >= 0.3 is 0 Å². The van der Waals surface area contributed by atoms with E-state index in [0.717, 1.165) is 12.8 Å². The van der Waals surface area contributed by atoms with Gasteiger partial charge in [-0.25, -0.2) is 0 Å². The Morgan fingerprint density at radius 3 is 2.15 bits per heavy atom. The molecule has 0 aliphatic rings. The average molecular weight is 279 g/mol. The number of aliphatic hydroxyl groups excluding tert-OH is 1. The molecule has 1 aromatic rings. The quantitative estimate of drug-likeness (QED) is 0.433. The highest BCUT2D eigenvalue weighted by Crippen LogP contribution is 2.12. The lowest BCUT2D eigenvalue weighted by atomic mass is 10.0. The number of rotatable bonds is 12. The predicted molar refractivity (Wildman–Crippen MR) is 82.9 cm³/mol. The van der Waals surface area contributed by atoms with Crippen molar-refractivity contribution in [1.82, 2.24) is 4.98 Å². The number of Topliss-reactive ketones (excluding diaryl/α,β-unsaturated/α-hetero) is 1. The van der Waals surface area contributed by atoms with Crippen LogP contribution in [0.1, 0.15) is 87.3 Å². The van der Waals surface area contributed by atoms with E-state index in [0.29, 0.717) is 17.8 Å². The van der Waals surface area contributed by atoms with Gasteiger partial charge in [-0.2, -0.15) is 0 Å². The standard InChI is InChI=1S/C17H29NO2/c1-2-3-4-5-6-7-8-9-10-11-17(20)16-13-12-15(14-19)18-16/h12-13,18-19H,2-11,14H2,1H3. The van der Waals surface area contributed by atoms with Crippen LogP contribution >= 0.6 is 0 Å². The Morgan fingerprint density at radius 1 is 1.00 bits per heavy atom. The van der Waals surface area contributed by atoms with Gasteiger partial charge in [-0.1, -0.05) is 58.3 Å². The molecule has 0 aromatic carbocycles. The van der Waals surface area contributed by atoms with Crippen LogP contribution in [-0.4, -0.2) is 15.9 Å². The number of ketones is 1. The van der Waals surface area contributed by atoms with Crippen LogP contribution in [0.15, 0.2) is 12.1 Å². The number of carbonyl (C=O) groups excluding carboxylic acids is 1. The highest BCUT2D eigenvalue weighted by Gasteiger charge is 2.07. The molecule has 0 spiro atoms. The van der Waals surface area contributed by atoms with Crippen molar-refractivity contribution in [2.45, 2.75) is 77.7 Å². The lowest BCUT2D eigenvalue weighted by Gasteiger charge is -2.01. The molecule has 1 rings (SSSR count). The van der Waals surface area contributed by atoms with Crippen molar-refractivity contribution in [3.05, 3.63) is 23.5 Å². The summed E-state index contributed by atoms with van der Waals surface area (Å²) in [6.07, 6.45) is 12.0. The van der Waals surface area contributed by atoms with Crippen LogP contribution in [0.3, 0.4) is 0 Å². The van der Waals surface area contributed by atoms with E-state index in [9.17, 15) is 4.79 Å². The summed E-state index contributed by atoms with van der Waals surface area (Å²) in [5, 5.41) is 8.94. The van der Waals surface area contributed by atoms with E-state index in [4.69, 9.17) is 5.11 Å². The summed E-state index contributed by atoms with van der Waals surface area (Å²) < 4.78 is 0. The second-order valence-corrected chi connectivity index (χ2v) is 5.56. The van der Waals surface area contributed by atoms with Gasteiger partial charge in [0.2, 0.25) is 0 Å². The molecule has 0 amide bonds. The molecule has 0 fully saturated rings. The Hall–Kier alpha value is -1.09. The molecule has 114 valence electrons. The molecule has 0 aliphatic heterocycles. The number of aromatic nitrogens is 1. The fourth-order valence-electron chi connectivity index (χ4n) is 2.43. The molecule has 0 saturated carbocycles. The van der Waals surface area contributed by atoms with Crippen molar-refractivity contribution in [2.75, 3.05) is 0 Å². The largest absolute Gasteiger partial charge is 0.390 e. The number of aromatic amines is 1. The molecular weight excluding hydrogens is 250 g/mol. The van der Waals surface area contributed by atoms with Crippen molar-refractivity contribution < 1.29 is 9.90 Å². The fourth-order valence-corrected chi connectivity index (χ4v) is 2.43. The highest BCUT2D eigenvalue weighted by molar-refractivity contribution is 5.94. The van der Waals surface area contributed by atoms with Gasteiger partial charge in [-0.3, -0.25) is 4.79 Å². The minimum atomic E-state index is -0.0364. The summed E-state index contributed by atoms with van der Waals surface area (Å²) in [6, 6.07) is 3.53. The average Bonchev–Trinajstić information content (AvgIpc) is 2.94. The van der Waals surface area contributed by atoms with Gasteiger partial charge in [0.1, 0.15) is 0 Å². The zero-order valence-corrected chi connectivity index (χ0v) is 12.8. The van der Waals surface area contributed by atoms with Crippen molar-refractivity contribution in [2.24, 2.45) is 0 Å².